The highest BCUT2D eigenvalue weighted by Crippen LogP contribution is 2.43. The van der Waals surface area contributed by atoms with Gasteiger partial charge in [-0.15, -0.1) is 0 Å². The number of ketones is 1. The number of fused-ring (bicyclic) bond motifs is 2. The number of carbonyl (C=O) groups excluding carboxylic acids is 2. The SMILES string of the molecule is COC(=O)C(NC1CC1=O)C1C2CCC1COC2. The zero-order valence-electron chi connectivity index (χ0n) is 10.6. The van der Waals surface area contributed by atoms with E-state index in [0.29, 0.717) is 18.3 Å². The molecule has 2 saturated carbocycles. The largest absolute Gasteiger partial charge is 0.468 e. The second kappa shape index (κ2) is 4.63. The maximum atomic E-state index is 12.0. The van der Waals surface area contributed by atoms with Gasteiger partial charge in [-0.1, -0.05) is 0 Å². The first-order valence-electron chi connectivity index (χ1n) is 6.65. The zero-order chi connectivity index (χ0) is 12.7. The van der Waals surface area contributed by atoms with Gasteiger partial charge in [0, 0.05) is 19.6 Å². The molecule has 0 radical (unpaired) electrons. The van der Waals surface area contributed by atoms with Crippen molar-refractivity contribution in [3.8, 4) is 0 Å². The summed E-state index contributed by atoms with van der Waals surface area (Å²) in [5.74, 6) is 1.07. The first-order valence-corrected chi connectivity index (χ1v) is 6.65. The highest BCUT2D eigenvalue weighted by Gasteiger charge is 2.49. The van der Waals surface area contributed by atoms with E-state index in [1.807, 2.05) is 0 Å². The van der Waals surface area contributed by atoms with Crippen LogP contribution in [0.3, 0.4) is 0 Å². The fourth-order valence-corrected chi connectivity index (χ4v) is 3.48. The van der Waals surface area contributed by atoms with Gasteiger partial charge in [-0.25, -0.2) is 0 Å². The molecule has 3 fully saturated rings. The molecule has 0 amide bonds. The molecule has 0 aromatic carbocycles. The summed E-state index contributed by atoms with van der Waals surface area (Å²) in [4.78, 5) is 23.1. The summed E-state index contributed by atoms with van der Waals surface area (Å²) in [6, 6.07) is -0.468. The molecule has 2 aliphatic carbocycles. The van der Waals surface area contributed by atoms with Crippen LogP contribution in [-0.2, 0) is 19.1 Å². The number of Topliss-reactive ketones (excluding diaryl/α,β-unsaturated/α-hetero) is 1. The Morgan fingerprint density at radius 2 is 2.00 bits per heavy atom. The molecule has 0 aromatic rings. The van der Waals surface area contributed by atoms with Gasteiger partial charge < -0.3 is 9.47 Å². The monoisotopic (exact) mass is 253 g/mol. The van der Waals surface area contributed by atoms with Crippen molar-refractivity contribution >= 4 is 11.8 Å². The van der Waals surface area contributed by atoms with Crippen LogP contribution < -0.4 is 5.32 Å². The molecule has 3 aliphatic rings. The molecule has 1 saturated heterocycles. The highest BCUT2D eigenvalue weighted by atomic mass is 16.5. The fourth-order valence-electron chi connectivity index (χ4n) is 3.48. The van der Waals surface area contributed by atoms with Crippen LogP contribution in [0.2, 0.25) is 0 Å². The van der Waals surface area contributed by atoms with E-state index in [9.17, 15) is 9.59 Å². The van der Waals surface area contributed by atoms with Crippen LogP contribution >= 0.6 is 0 Å². The lowest BCUT2D eigenvalue weighted by molar-refractivity contribution is -0.147. The second-order valence-corrected chi connectivity index (χ2v) is 5.60. The summed E-state index contributed by atoms with van der Waals surface area (Å²) in [7, 11) is 1.41. The highest BCUT2D eigenvalue weighted by molar-refractivity contribution is 6.00. The summed E-state index contributed by atoms with van der Waals surface area (Å²) in [6.07, 6.45) is 2.78. The maximum absolute atomic E-state index is 12.0. The molecule has 1 heterocycles. The lowest BCUT2D eigenvalue weighted by Gasteiger charge is -2.35. The predicted molar refractivity (Wildman–Crippen MR) is 62.9 cm³/mol. The Hall–Kier alpha value is -0.940. The second-order valence-electron chi connectivity index (χ2n) is 5.60. The van der Waals surface area contributed by atoms with Crippen LogP contribution in [0.5, 0.6) is 0 Å². The number of methoxy groups -OCH3 is 1. The minimum atomic E-state index is -0.340. The number of rotatable bonds is 4. The normalized spacial score (nSPS) is 39.5. The van der Waals surface area contributed by atoms with E-state index in [4.69, 9.17) is 9.47 Å². The molecule has 5 heteroatoms. The molecule has 0 spiro atoms. The topological polar surface area (TPSA) is 64.6 Å². The summed E-state index contributed by atoms with van der Waals surface area (Å²) in [6.45, 7) is 1.46. The Morgan fingerprint density at radius 1 is 1.39 bits per heavy atom. The van der Waals surface area contributed by atoms with Gasteiger partial charge in [0.2, 0.25) is 0 Å². The smallest absolute Gasteiger partial charge is 0.323 e. The number of esters is 1. The van der Waals surface area contributed by atoms with Gasteiger partial charge in [-0.3, -0.25) is 14.9 Å². The Bertz CT molecular complexity index is 354. The summed E-state index contributed by atoms with van der Waals surface area (Å²) in [5, 5.41) is 3.18. The minimum absolute atomic E-state index is 0.128. The molecule has 1 aliphatic heterocycles. The summed E-state index contributed by atoms with van der Waals surface area (Å²) in [5.41, 5.74) is 0. The average Bonchev–Trinajstić information content (AvgIpc) is 3.03. The first kappa shape index (κ1) is 12.1. The Morgan fingerprint density at radius 3 is 2.50 bits per heavy atom. The van der Waals surface area contributed by atoms with Gasteiger partial charge in [0.25, 0.3) is 0 Å². The molecule has 4 atom stereocenters. The summed E-state index contributed by atoms with van der Waals surface area (Å²) >= 11 is 0. The lowest BCUT2D eigenvalue weighted by atomic mass is 9.82. The van der Waals surface area contributed by atoms with Crippen LogP contribution in [0.25, 0.3) is 0 Å². The Kier molecular flexibility index (Phi) is 3.11. The standard InChI is InChI=1S/C13H19NO4/c1-17-13(16)12(14-9-4-10(9)15)11-7-2-3-8(11)6-18-5-7/h7-9,11-12,14H,2-6H2,1H3. The van der Waals surface area contributed by atoms with Gasteiger partial charge >= 0.3 is 5.97 Å². The van der Waals surface area contributed by atoms with E-state index < -0.39 is 0 Å². The Balaban J connectivity index is 1.75. The molecule has 4 unspecified atom stereocenters. The molecule has 0 aromatic heterocycles. The molecule has 18 heavy (non-hydrogen) atoms. The van der Waals surface area contributed by atoms with Gasteiger partial charge in [0.05, 0.1) is 13.2 Å². The molecule has 3 rings (SSSR count). The van der Waals surface area contributed by atoms with Gasteiger partial charge in [-0.05, 0) is 30.6 Å². The van der Waals surface area contributed by atoms with Crippen molar-refractivity contribution < 1.29 is 19.1 Å². The third-order valence-corrected chi connectivity index (χ3v) is 4.52. The van der Waals surface area contributed by atoms with Gasteiger partial charge in [-0.2, -0.15) is 0 Å². The van der Waals surface area contributed by atoms with Crippen molar-refractivity contribution in [2.75, 3.05) is 20.3 Å². The van der Waals surface area contributed by atoms with E-state index in [1.165, 1.54) is 7.11 Å². The van der Waals surface area contributed by atoms with Crippen LogP contribution in [0.15, 0.2) is 0 Å². The lowest BCUT2D eigenvalue weighted by Crippen LogP contribution is -2.51. The maximum Gasteiger partial charge on any atom is 0.323 e. The molecule has 5 nitrogen and oxygen atoms in total. The van der Waals surface area contributed by atoms with Crippen molar-refractivity contribution in [3.63, 3.8) is 0 Å². The van der Waals surface area contributed by atoms with Crippen LogP contribution in [0, 0.1) is 17.8 Å². The molecule has 100 valence electrons. The third kappa shape index (κ3) is 2.06. The van der Waals surface area contributed by atoms with Crippen LogP contribution in [0.4, 0.5) is 0 Å². The minimum Gasteiger partial charge on any atom is -0.468 e. The summed E-state index contributed by atoms with van der Waals surface area (Å²) < 4.78 is 10.4. The first-order chi connectivity index (χ1) is 8.70. The van der Waals surface area contributed by atoms with Crippen LogP contribution in [0.1, 0.15) is 19.3 Å². The van der Waals surface area contributed by atoms with Crippen molar-refractivity contribution in [2.45, 2.75) is 31.3 Å². The zero-order valence-corrected chi connectivity index (χ0v) is 10.6. The van der Waals surface area contributed by atoms with Crippen molar-refractivity contribution in [1.29, 1.82) is 0 Å². The number of hydrogen-bond acceptors (Lipinski definition) is 5. The number of ether oxygens (including phenoxy) is 2. The molecular weight excluding hydrogens is 234 g/mol. The van der Waals surface area contributed by atoms with Gasteiger partial charge in [0.15, 0.2) is 5.78 Å². The Labute approximate surface area is 106 Å². The fraction of sp³-hybridized carbons (Fsp3) is 0.846. The van der Waals surface area contributed by atoms with E-state index in [0.717, 1.165) is 26.1 Å². The predicted octanol–water partition coefficient (Wildman–Crippen LogP) is 0.132. The van der Waals surface area contributed by atoms with E-state index in [-0.39, 0.29) is 29.8 Å². The van der Waals surface area contributed by atoms with Crippen LogP contribution in [-0.4, -0.2) is 44.2 Å². The number of nitrogens with one attached hydrogen (secondary N) is 1. The number of hydrogen-bond donors (Lipinski definition) is 1. The quantitative estimate of drug-likeness (QED) is 0.722. The molecule has 2 bridgehead atoms. The van der Waals surface area contributed by atoms with E-state index >= 15 is 0 Å². The van der Waals surface area contributed by atoms with Gasteiger partial charge in [0.1, 0.15) is 6.04 Å². The van der Waals surface area contributed by atoms with E-state index in [2.05, 4.69) is 5.32 Å². The molecule has 1 N–H and O–H groups in total. The molecular formula is C13H19NO4. The van der Waals surface area contributed by atoms with Crippen molar-refractivity contribution in [3.05, 3.63) is 0 Å². The number of carbonyl (C=O) groups is 2. The van der Waals surface area contributed by atoms with E-state index in [1.54, 1.807) is 0 Å². The average molecular weight is 253 g/mol. The third-order valence-electron chi connectivity index (χ3n) is 4.52. The van der Waals surface area contributed by atoms with Crippen molar-refractivity contribution in [1.82, 2.24) is 5.32 Å². The van der Waals surface area contributed by atoms with Crippen molar-refractivity contribution in [2.24, 2.45) is 17.8 Å².